The number of aliphatic carboxylic acids is 2. The van der Waals surface area contributed by atoms with E-state index in [0.717, 1.165) is 23.5 Å². The van der Waals surface area contributed by atoms with Gasteiger partial charge in [-0.1, -0.05) is 58.6 Å². The predicted molar refractivity (Wildman–Crippen MR) is 203 cm³/mol. The van der Waals surface area contributed by atoms with Crippen molar-refractivity contribution < 1.29 is 55.4 Å². The molecule has 4 aromatic rings. The summed E-state index contributed by atoms with van der Waals surface area (Å²) in [6, 6.07) is 6.85. The van der Waals surface area contributed by atoms with Gasteiger partial charge in [-0.25, -0.2) is 14.5 Å². The number of aromatic nitrogens is 6. The van der Waals surface area contributed by atoms with Crippen LogP contribution in [0.3, 0.4) is 0 Å². The summed E-state index contributed by atoms with van der Waals surface area (Å²) < 4.78 is 31.0. The molecule has 3 N–H and O–H groups in total. The van der Waals surface area contributed by atoms with Crippen molar-refractivity contribution in [2.75, 3.05) is 6.54 Å². The summed E-state index contributed by atoms with van der Waals surface area (Å²) in [5, 5.41) is 32.6. The molecule has 8 bridgehead atoms. The molecule has 6 heterocycles. The van der Waals surface area contributed by atoms with E-state index in [2.05, 4.69) is 16.9 Å². The zero-order chi connectivity index (χ0) is 40.6. The van der Waals surface area contributed by atoms with Crippen LogP contribution in [0.15, 0.2) is 43.2 Å². The Morgan fingerprint density at radius 3 is 2.05 bits per heavy atom. The molecule has 0 atom stereocenters. The zero-order valence-electron chi connectivity index (χ0n) is 31.2. The molecule has 2 aliphatic heterocycles. The van der Waals surface area contributed by atoms with E-state index in [1.165, 1.54) is 0 Å². The molecule has 0 aromatic carbocycles. The summed E-state index contributed by atoms with van der Waals surface area (Å²) in [6.45, 7) is 9.45. The van der Waals surface area contributed by atoms with Gasteiger partial charge < -0.3 is 35.6 Å². The molecule has 57 heavy (non-hydrogen) atoms. The largest absolute Gasteiger partial charge is 2.00 e. The van der Waals surface area contributed by atoms with Gasteiger partial charge in [0.1, 0.15) is 18.9 Å². The van der Waals surface area contributed by atoms with E-state index < -0.39 is 47.7 Å². The van der Waals surface area contributed by atoms with Crippen molar-refractivity contribution in [1.82, 2.24) is 34.8 Å². The van der Waals surface area contributed by atoms with Crippen LogP contribution in [0.5, 0.6) is 0 Å². The third-order valence-electron chi connectivity index (χ3n) is 9.93. The first-order chi connectivity index (χ1) is 26.5. The van der Waals surface area contributed by atoms with Gasteiger partial charge in [-0.2, -0.15) is 8.78 Å². The Morgan fingerprint density at radius 1 is 0.877 bits per heavy atom. The minimum atomic E-state index is -4.06. The van der Waals surface area contributed by atoms with Gasteiger partial charge in [0, 0.05) is 25.0 Å². The summed E-state index contributed by atoms with van der Waals surface area (Å²) in [4.78, 5) is 69.5. The third kappa shape index (κ3) is 8.46. The number of rotatable bonds is 13. The number of hydrogen-bond acceptors (Lipinski definition) is 8. The number of carbonyl (C=O) groups excluding carboxylic acids is 1. The average molecular weight is 822 g/mol. The topological polar surface area (TPSA) is 219 Å². The van der Waals surface area contributed by atoms with Crippen LogP contribution in [0, 0.1) is 24.0 Å². The second-order valence-corrected chi connectivity index (χ2v) is 13.4. The van der Waals surface area contributed by atoms with Gasteiger partial charge in [0.25, 0.3) is 5.91 Å². The molecule has 1 amide bonds. The molecule has 0 aliphatic carbocycles. The number of amides is 1. The Morgan fingerprint density at radius 2 is 1.42 bits per heavy atom. The van der Waals surface area contributed by atoms with Crippen LogP contribution in [0.25, 0.3) is 50.4 Å². The SMILES string of the molecule is C=Cc1c(C)c2cc3nc(cc4[n-]c(cc5nc(cc1[n-]2)C(C)=C5CNC(=O)C(F)(F)Cn1ccnc1[N+](=O)[O-])c(C)c4CCC(=O)O)C(CCC(=O)O)=C3C.[Mn+2]. The number of nitrogens with zero attached hydrogens (tertiary/aromatic N) is 7. The van der Waals surface area contributed by atoms with Crippen LogP contribution >= 0.6 is 0 Å². The molecule has 18 heteroatoms. The zero-order valence-corrected chi connectivity index (χ0v) is 32.4. The number of nitro groups is 1. The van der Waals surface area contributed by atoms with Crippen LogP contribution in [0.4, 0.5) is 14.7 Å². The number of imidazole rings is 1. The predicted octanol–water partition coefficient (Wildman–Crippen LogP) is 6.13. The van der Waals surface area contributed by atoms with E-state index >= 15 is 8.78 Å². The fourth-order valence-electron chi connectivity index (χ4n) is 6.79. The smallest absolute Gasteiger partial charge is 0.657 e. The minimum absolute atomic E-state index is 0. The summed E-state index contributed by atoms with van der Waals surface area (Å²) in [7, 11) is 0. The first kappa shape index (κ1) is 41.9. The molecule has 2 aliphatic rings. The van der Waals surface area contributed by atoms with Crippen LogP contribution in [-0.4, -0.2) is 65.0 Å². The first-order valence-electron chi connectivity index (χ1n) is 17.4. The van der Waals surface area contributed by atoms with Gasteiger partial charge in [-0.05, 0) is 67.7 Å². The van der Waals surface area contributed by atoms with Gasteiger partial charge in [0.15, 0.2) is 0 Å². The van der Waals surface area contributed by atoms with Crippen molar-refractivity contribution in [3.05, 3.63) is 98.4 Å². The number of carbonyl (C=O) groups is 3. The van der Waals surface area contributed by atoms with Gasteiger partial charge in [0.05, 0.1) is 22.8 Å². The first-order valence-corrected chi connectivity index (χ1v) is 17.4. The Bertz CT molecular complexity index is 2590. The van der Waals surface area contributed by atoms with Crippen molar-refractivity contribution in [3.63, 3.8) is 0 Å². The minimum Gasteiger partial charge on any atom is -0.657 e. The normalized spacial score (nSPS) is 12.7. The number of fused-ring (bicyclic) bond motifs is 8. The average Bonchev–Trinajstić information content (AvgIpc) is 3.91. The fourth-order valence-corrected chi connectivity index (χ4v) is 6.79. The number of halogens is 2. The van der Waals surface area contributed by atoms with Gasteiger partial charge in [-0.3, -0.25) is 14.4 Å². The van der Waals surface area contributed by atoms with Gasteiger partial charge in [0.2, 0.25) is 0 Å². The second-order valence-electron chi connectivity index (χ2n) is 13.4. The molecule has 1 radical (unpaired) electrons. The van der Waals surface area contributed by atoms with E-state index in [9.17, 15) is 34.7 Å². The van der Waals surface area contributed by atoms with Crippen molar-refractivity contribution in [1.29, 1.82) is 0 Å². The molecule has 0 saturated heterocycles. The van der Waals surface area contributed by atoms with Crippen LogP contribution in [-0.2, 0) is 44.4 Å². The molecular formula is C39H36F2MnN8O7. The summed E-state index contributed by atoms with van der Waals surface area (Å²) in [5.74, 6) is -8.58. The second kappa shape index (κ2) is 16.5. The summed E-state index contributed by atoms with van der Waals surface area (Å²) >= 11 is 0. The Hall–Kier alpha value is -6.26. The molecule has 0 saturated carbocycles. The van der Waals surface area contributed by atoms with Crippen molar-refractivity contribution in [2.24, 2.45) is 0 Å². The van der Waals surface area contributed by atoms with E-state index in [0.29, 0.717) is 77.1 Å². The van der Waals surface area contributed by atoms with E-state index in [1.807, 2.05) is 13.8 Å². The standard InChI is InChI=1S/C39H38F2N8O7.Mn/c1-6-23-19(2)27-13-28-20(3)24(7-9-35(50)51)32(45-28)16-33-25(8-10-36(52)53)21(4)29(46-33)15-34-26(22(5)30(47-34)14-31(23)44-27)17-43-37(54)39(40,41)18-48-12-11-42-38(48)49(55)56;/h6,11-16H,1,7-10,17-18H2,2-5H3,(H5,43,44,45,46,47,50,51,52,53,54);/q;+2/p-2. The Kier molecular flexibility index (Phi) is 12.1. The van der Waals surface area contributed by atoms with Gasteiger partial charge in [-0.15, -0.1) is 22.1 Å². The van der Waals surface area contributed by atoms with Crippen LogP contribution < -0.4 is 15.3 Å². The van der Waals surface area contributed by atoms with Gasteiger partial charge >= 0.3 is 40.9 Å². The number of alkyl halides is 2. The third-order valence-corrected chi connectivity index (χ3v) is 9.93. The maximum absolute atomic E-state index is 15.2. The quantitative estimate of drug-likeness (QED) is 0.0788. The number of aryl methyl sites for hydroxylation is 3. The molecule has 295 valence electrons. The molecule has 15 nitrogen and oxygen atoms in total. The summed E-state index contributed by atoms with van der Waals surface area (Å²) in [6.07, 6.45) is 3.54. The molecule has 0 fully saturated rings. The number of hydrogen-bond donors (Lipinski definition) is 3. The monoisotopic (exact) mass is 821 g/mol. The number of carboxylic acids is 2. The van der Waals surface area contributed by atoms with Crippen LogP contribution in [0.1, 0.15) is 78.1 Å². The van der Waals surface area contributed by atoms with Crippen LogP contribution in [0.2, 0.25) is 0 Å². The Labute approximate surface area is 334 Å². The van der Waals surface area contributed by atoms with E-state index in [-0.39, 0.29) is 48.4 Å². The Balaban J connectivity index is 0.00000620. The molecule has 4 aromatic heterocycles. The van der Waals surface area contributed by atoms with E-state index in [4.69, 9.17) is 19.9 Å². The van der Waals surface area contributed by atoms with E-state index in [1.54, 1.807) is 44.2 Å². The fraction of sp³-hybridized carbons (Fsp3) is 0.282. The molecule has 0 spiro atoms. The maximum Gasteiger partial charge on any atom is 2.00 e. The number of carboxylic acid groups (broad SMARTS) is 2. The molecule has 0 unspecified atom stereocenters. The number of allylic oxidation sites excluding steroid dienone is 3. The summed E-state index contributed by atoms with van der Waals surface area (Å²) in [5.41, 5.74) is 8.74. The van der Waals surface area contributed by atoms with Crippen molar-refractivity contribution in [3.8, 4) is 0 Å². The van der Waals surface area contributed by atoms with Crippen molar-refractivity contribution >= 4 is 74.2 Å². The van der Waals surface area contributed by atoms with Crippen molar-refractivity contribution in [2.45, 2.75) is 65.8 Å². The molecule has 6 rings (SSSR count). The number of nitrogens with one attached hydrogen (secondary N) is 1. The maximum atomic E-state index is 15.2. The molecular weight excluding hydrogens is 785 g/mol.